The Morgan fingerprint density at radius 2 is 2.19 bits per heavy atom. The average molecular weight is 225 g/mol. The zero-order valence-corrected chi connectivity index (χ0v) is 10.8. The van der Waals surface area contributed by atoms with Crippen molar-refractivity contribution in [3.05, 3.63) is 0 Å². The van der Waals surface area contributed by atoms with Gasteiger partial charge >= 0.3 is 0 Å². The van der Waals surface area contributed by atoms with Crippen molar-refractivity contribution >= 4 is 5.91 Å². The van der Waals surface area contributed by atoms with E-state index in [1.54, 1.807) is 0 Å². The minimum Gasteiger partial charge on any atom is -0.324 e. The van der Waals surface area contributed by atoms with Crippen LogP contribution in [0.4, 0.5) is 0 Å². The van der Waals surface area contributed by atoms with Gasteiger partial charge in [-0.05, 0) is 40.3 Å². The van der Waals surface area contributed by atoms with Crippen molar-refractivity contribution in [3.8, 4) is 0 Å². The molecule has 0 aromatic heterocycles. The second-order valence-electron chi connectivity index (χ2n) is 5.42. The summed E-state index contributed by atoms with van der Waals surface area (Å²) in [6.45, 7) is 5.14. The number of likely N-dealkylation sites (N-methyl/N-ethyl adjacent to an activating group) is 1. The first-order valence-corrected chi connectivity index (χ1v) is 6.25. The predicted molar refractivity (Wildman–Crippen MR) is 64.0 cm³/mol. The van der Waals surface area contributed by atoms with Gasteiger partial charge < -0.3 is 9.80 Å². The molecule has 16 heavy (non-hydrogen) atoms. The maximum atomic E-state index is 12.3. The number of hydrogen-bond donors (Lipinski definition) is 1. The molecule has 1 saturated heterocycles. The van der Waals surface area contributed by atoms with Gasteiger partial charge in [-0.3, -0.25) is 10.1 Å². The number of rotatable bonds is 4. The van der Waals surface area contributed by atoms with Gasteiger partial charge in [0.25, 0.3) is 0 Å². The highest BCUT2D eigenvalue weighted by molar-refractivity contribution is 5.91. The van der Waals surface area contributed by atoms with E-state index in [0.717, 1.165) is 25.8 Å². The van der Waals surface area contributed by atoms with E-state index in [9.17, 15) is 4.79 Å². The maximum Gasteiger partial charge on any atom is 0.244 e. The van der Waals surface area contributed by atoms with Gasteiger partial charge in [0.1, 0.15) is 0 Å². The number of carbonyl (C=O) groups is 1. The normalized spacial score (nSPS) is 29.2. The summed E-state index contributed by atoms with van der Waals surface area (Å²) in [6.07, 6.45) is 3.29. The number of nitrogens with zero attached hydrogens (tertiary/aromatic N) is 2. The maximum absolute atomic E-state index is 12.3. The zero-order chi connectivity index (χ0) is 11.9. The van der Waals surface area contributed by atoms with Crippen LogP contribution >= 0.6 is 0 Å². The summed E-state index contributed by atoms with van der Waals surface area (Å²) in [5.74, 6) is 0.327. The van der Waals surface area contributed by atoms with Crippen molar-refractivity contribution < 1.29 is 4.79 Å². The summed E-state index contributed by atoms with van der Waals surface area (Å²) in [5.41, 5.74) is -0.160. The van der Waals surface area contributed by atoms with E-state index in [1.807, 2.05) is 4.90 Å². The molecule has 2 rings (SSSR count). The third-order valence-electron chi connectivity index (χ3n) is 3.97. The van der Waals surface area contributed by atoms with Crippen LogP contribution in [0.3, 0.4) is 0 Å². The molecule has 1 spiro atoms. The summed E-state index contributed by atoms with van der Waals surface area (Å²) in [6, 6.07) is 0.411. The fourth-order valence-electron chi connectivity index (χ4n) is 2.34. The molecular weight excluding hydrogens is 202 g/mol. The lowest BCUT2D eigenvalue weighted by atomic mass is 10.2. The minimum absolute atomic E-state index is 0.160. The van der Waals surface area contributed by atoms with Crippen molar-refractivity contribution in [2.75, 3.05) is 20.6 Å². The van der Waals surface area contributed by atoms with Crippen LogP contribution in [-0.4, -0.2) is 54.1 Å². The highest BCUT2D eigenvalue weighted by atomic mass is 16.2. The number of nitrogens with one attached hydrogen (secondary N) is 1. The molecule has 0 aromatic carbocycles. The molecule has 1 N–H and O–H groups in total. The van der Waals surface area contributed by atoms with Gasteiger partial charge in [0, 0.05) is 12.6 Å². The fourth-order valence-corrected chi connectivity index (χ4v) is 2.34. The molecule has 0 aromatic rings. The molecule has 4 nitrogen and oxygen atoms in total. The van der Waals surface area contributed by atoms with Crippen molar-refractivity contribution in [2.45, 2.75) is 50.9 Å². The molecule has 1 saturated carbocycles. The van der Waals surface area contributed by atoms with Gasteiger partial charge in [-0.2, -0.15) is 0 Å². The molecule has 1 aliphatic carbocycles. The summed E-state index contributed by atoms with van der Waals surface area (Å²) in [4.78, 5) is 16.5. The molecule has 2 aliphatic rings. The van der Waals surface area contributed by atoms with Crippen LogP contribution in [0.5, 0.6) is 0 Å². The molecule has 1 aliphatic heterocycles. The van der Waals surface area contributed by atoms with E-state index >= 15 is 0 Å². The summed E-state index contributed by atoms with van der Waals surface area (Å²) in [5, 5.41) is 3.49. The van der Waals surface area contributed by atoms with Crippen molar-refractivity contribution in [1.29, 1.82) is 0 Å². The third-order valence-corrected chi connectivity index (χ3v) is 3.97. The van der Waals surface area contributed by atoms with Gasteiger partial charge in [0.2, 0.25) is 5.91 Å². The average Bonchev–Trinajstić information content (AvgIpc) is 2.97. The second kappa shape index (κ2) is 4.00. The highest BCUT2D eigenvalue weighted by Gasteiger charge is 2.58. The van der Waals surface area contributed by atoms with E-state index in [4.69, 9.17) is 0 Å². The molecule has 2 fully saturated rings. The SMILES string of the molecule is CCC1NC2(CC2)C(=O)N1CC(C)N(C)C. The van der Waals surface area contributed by atoms with Gasteiger partial charge in [-0.15, -0.1) is 0 Å². The highest BCUT2D eigenvalue weighted by Crippen LogP contribution is 2.42. The van der Waals surface area contributed by atoms with Crippen LogP contribution in [0.25, 0.3) is 0 Å². The van der Waals surface area contributed by atoms with Crippen molar-refractivity contribution in [1.82, 2.24) is 15.1 Å². The largest absolute Gasteiger partial charge is 0.324 e. The summed E-state index contributed by atoms with van der Waals surface area (Å²) >= 11 is 0. The van der Waals surface area contributed by atoms with Gasteiger partial charge in [0.05, 0.1) is 11.7 Å². The van der Waals surface area contributed by atoms with Crippen LogP contribution in [-0.2, 0) is 4.79 Å². The molecule has 1 amide bonds. The van der Waals surface area contributed by atoms with Crippen molar-refractivity contribution in [3.63, 3.8) is 0 Å². The lowest BCUT2D eigenvalue weighted by Crippen LogP contribution is -2.44. The first-order valence-electron chi connectivity index (χ1n) is 6.25. The van der Waals surface area contributed by atoms with Gasteiger partial charge in [0.15, 0.2) is 0 Å². The van der Waals surface area contributed by atoms with E-state index < -0.39 is 0 Å². The Morgan fingerprint density at radius 3 is 2.62 bits per heavy atom. The first-order chi connectivity index (χ1) is 7.50. The standard InChI is InChI=1S/C12H23N3O/c1-5-10-13-12(6-7-12)11(16)15(10)8-9(2)14(3)4/h9-10,13H,5-8H2,1-4H3. The quantitative estimate of drug-likeness (QED) is 0.762. The second-order valence-corrected chi connectivity index (χ2v) is 5.42. The van der Waals surface area contributed by atoms with E-state index in [2.05, 4.69) is 38.2 Å². The topological polar surface area (TPSA) is 35.6 Å². The van der Waals surface area contributed by atoms with Crippen LogP contribution in [0.2, 0.25) is 0 Å². The molecule has 0 bridgehead atoms. The fraction of sp³-hybridized carbons (Fsp3) is 0.917. The van der Waals surface area contributed by atoms with Crippen LogP contribution in [0, 0.1) is 0 Å². The predicted octanol–water partition coefficient (Wildman–Crippen LogP) is 0.637. The molecular formula is C12H23N3O. The Labute approximate surface area is 98.0 Å². The van der Waals surface area contributed by atoms with Crippen molar-refractivity contribution in [2.24, 2.45) is 0 Å². The summed E-state index contributed by atoms with van der Waals surface area (Å²) < 4.78 is 0. The smallest absolute Gasteiger partial charge is 0.244 e. The summed E-state index contributed by atoms with van der Waals surface area (Å²) in [7, 11) is 4.12. The molecule has 2 atom stereocenters. The zero-order valence-electron chi connectivity index (χ0n) is 10.8. The van der Waals surface area contributed by atoms with Gasteiger partial charge in [-0.25, -0.2) is 0 Å². The van der Waals surface area contributed by atoms with Gasteiger partial charge in [-0.1, -0.05) is 6.92 Å². The monoisotopic (exact) mass is 225 g/mol. The Bertz CT molecular complexity index is 286. The molecule has 2 unspecified atom stereocenters. The molecule has 1 heterocycles. The Morgan fingerprint density at radius 1 is 1.56 bits per heavy atom. The Balaban J connectivity index is 2.04. The number of amides is 1. The molecule has 0 radical (unpaired) electrons. The third kappa shape index (κ3) is 1.84. The number of carbonyl (C=O) groups excluding carboxylic acids is 1. The minimum atomic E-state index is -0.160. The molecule has 4 heteroatoms. The van der Waals surface area contributed by atoms with E-state index in [0.29, 0.717) is 11.9 Å². The van der Waals surface area contributed by atoms with E-state index in [-0.39, 0.29) is 11.7 Å². The number of hydrogen-bond acceptors (Lipinski definition) is 3. The lowest BCUT2D eigenvalue weighted by molar-refractivity contribution is -0.131. The van der Waals surface area contributed by atoms with Crippen LogP contribution in [0.1, 0.15) is 33.1 Å². The van der Waals surface area contributed by atoms with Crippen LogP contribution in [0.15, 0.2) is 0 Å². The first kappa shape index (κ1) is 11.9. The van der Waals surface area contributed by atoms with Crippen LogP contribution < -0.4 is 5.32 Å². The Hall–Kier alpha value is -0.610. The lowest BCUT2D eigenvalue weighted by Gasteiger charge is -2.29. The van der Waals surface area contributed by atoms with E-state index in [1.165, 1.54) is 0 Å². The Kier molecular flexibility index (Phi) is 2.97. The molecule has 92 valence electrons.